The van der Waals surface area contributed by atoms with Crippen LogP contribution in [0.5, 0.6) is 0 Å². The Balaban J connectivity index is 2.26. The summed E-state index contributed by atoms with van der Waals surface area (Å²) >= 11 is 0. The highest BCUT2D eigenvalue weighted by Crippen LogP contribution is 2.28. The average Bonchev–Trinajstić information content (AvgIpc) is 2.37. The molecular formula is C7H11NO. The minimum Gasteiger partial charge on any atom is -0.351 e. The van der Waals surface area contributed by atoms with Gasteiger partial charge in [0.05, 0.1) is 6.10 Å². The van der Waals surface area contributed by atoms with E-state index in [1.807, 2.05) is 0 Å². The third-order valence-electron chi connectivity index (χ3n) is 2.28. The van der Waals surface area contributed by atoms with E-state index in [0.29, 0.717) is 12.1 Å². The van der Waals surface area contributed by atoms with Gasteiger partial charge in [0.2, 0.25) is 0 Å². The zero-order valence-corrected chi connectivity index (χ0v) is 5.74. The summed E-state index contributed by atoms with van der Waals surface area (Å²) in [6.45, 7) is 2.19. The Hall–Kier alpha value is -0.340. The second kappa shape index (κ2) is 1.58. The first-order chi connectivity index (χ1) is 4.29. The number of nitrogens with zero attached hydrogens (tertiary/aromatic N) is 1. The molecule has 0 amide bonds. The molecule has 1 saturated heterocycles. The summed E-state index contributed by atoms with van der Waals surface area (Å²) in [5.41, 5.74) is 0. The Kier molecular flexibility index (Phi) is 0.957. The van der Waals surface area contributed by atoms with Crippen LogP contribution in [0.25, 0.3) is 0 Å². The Morgan fingerprint density at radius 3 is 2.56 bits per heavy atom. The maximum atomic E-state index is 5.51. The van der Waals surface area contributed by atoms with Crippen LogP contribution in [0.3, 0.4) is 0 Å². The molecule has 50 valence electrons. The van der Waals surface area contributed by atoms with Gasteiger partial charge in [-0.15, -0.1) is 0 Å². The number of rotatable bonds is 0. The van der Waals surface area contributed by atoms with Crippen LogP contribution in [-0.4, -0.2) is 30.3 Å². The highest BCUT2D eigenvalue weighted by atomic mass is 16.5. The standard InChI is InChI=1S/C7H11NO/c1-5-6-3-4-7(9-6)8(5)2/h3-7H,1-2H3/t5?,6-,7+/m1/s1. The molecule has 0 saturated carbocycles. The number of ether oxygens (including phenoxy) is 1. The van der Waals surface area contributed by atoms with E-state index in [4.69, 9.17) is 4.74 Å². The fourth-order valence-corrected chi connectivity index (χ4v) is 1.43. The van der Waals surface area contributed by atoms with E-state index in [0.717, 1.165) is 0 Å². The summed E-state index contributed by atoms with van der Waals surface area (Å²) < 4.78 is 5.51. The van der Waals surface area contributed by atoms with Crippen LogP contribution in [0.4, 0.5) is 0 Å². The smallest absolute Gasteiger partial charge is 0.130 e. The molecule has 0 aliphatic carbocycles. The van der Waals surface area contributed by atoms with Crippen molar-refractivity contribution in [1.82, 2.24) is 4.90 Å². The van der Waals surface area contributed by atoms with Gasteiger partial charge in [-0.25, -0.2) is 0 Å². The zero-order chi connectivity index (χ0) is 6.43. The summed E-state index contributed by atoms with van der Waals surface area (Å²) in [4.78, 5) is 2.24. The van der Waals surface area contributed by atoms with Crippen LogP contribution in [0.1, 0.15) is 6.92 Å². The van der Waals surface area contributed by atoms with Gasteiger partial charge < -0.3 is 4.74 Å². The number of hydrogen-bond acceptors (Lipinski definition) is 2. The van der Waals surface area contributed by atoms with Crippen molar-refractivity contribution in [2.45, 2.75) is 25.3 Å². The van der Waals surface area contributed by atoms with E-state index in [1.54, 1.807) is 0 Å². The summed E-state index contributed by atoms with van der Waals surface area (Å²) in [5.74, 6) is 0. The van der Waals surface area contributed by atoms with Crippen molar-refractivity contribution in [3.63, 3.8) is 0 Å². The first-order valence-corrected chi connectivity index (χ1v) is 3.35. The monoisotopic (exact) mass is 125 g/mol. The Labute approximate surface area is 55.1 Å². The zero-order valence-electron chi connectivity index (χ0n) is 5.74. The SMILES string of the molecule is CC1[C@H]2C=C[C@H](O2)N1C. The molecule has 2 aliphatic rings. The fourth-order valence-electron chi connectivity index (χ4n) is 1.43. The topological polar surface area (TPSA) is 12.5 Å². The third kappa shape index (κ3) is 0.575. The molecule has 0 spiro atoms. The Morgan fingerprint density at radius 1 is 1.44 bits per heavy atom. The van der Waals surface area contributed by atoms with Crippen molar-refractivity contribution in [3.8, 4) is 0 Å². The molecule has 1 unspecified atom stereocenters. The molecule has 2 heteroatoms. The molecule has 0 radical (unpaired) electrons. The molecule has 1 fully saturated rings. The molecular weight excluding hydrogens is 114 g/mol. The van der Waals surface area contributed by atoms with E-state index in [2.05, 4.69) is 31.0 Å². The predicted molar refractivity (Wildman–Crippen MR) is 35.0 cm³/mol. The van der Waals surface area contributed by atoms with E-state index in [1.165, 1.54) is 0 Å². The highest BCUT2D eigenvalue weighted by molar-refractivity contribution is 5.11. The molecule has 0 N–H and O–H groups in total. The van der Waals surface area contributed by atoms with Gasteiger partial charge in [-0.05, 0) is 20.0 Å². The van der Waals surface area contributed by atoms with Gasteiger partial charge in [0.1, 0.15) is 6.23 Å². The second-order valence-electron chi connectivity index (χ2n) is 2.78. The lowest BCUT2D eigenvalue weighted by atomic mass is 10.1. The molecule has 2 bridgehead atoms. The lowest BCUT2D eigenvalue weighted by molar-refractivity contribution is 0.0778. The van der Waals surface area contributed by atoms with Gasteiger partial charge in [-0.3, -0.25) is 4.90 Å². The normalized spacial score (nSPS) is 48.9. The summed E-state index contributed by atoms with van der Waals surface area (Å²) in [7, 11) is 2.10. The van der Waals surface area contributed by atoms with Crippen LogP contribution >= 0.6 is 0 Å². The van der Waals surface area contributed by atoms with Crippen LogP contribution < -0.4 is 0 Å². The van der Waals surface area contributed by atoms with E-state index >= 15 is 0 Å². The predicted octanol–water partition coefficient (Wildman–Crippen LogP) is 0.601. The fraction of sp³-hybridized carbons (Fsp3) is 0.714. The van der Waals surface area contributed by atoms with Crippen molar-refractivity contribution in [2.75, 3.05) is 7.05 Å². The summed E-state index contributed by atoms with van der Waals surface area (Å²) in [6.07, 6.45) is 4.89. The summed E-state index contributed by atoms with van der Waals surface area (Å²) in [6, 6.07) is 0.569. The first-order valence-electron chi connectivity index (χ1n) is 3.35. The van der Waals surface area contributed by atoms with Gasteiger partial charge in [0.25, 0.3) is 0 Å². The Morgan fingerprint density at radius 2 is 2.22 bits per heavy atom. The third-order valence-corrected chi connectivity index (χ3v) is 2.28. The van der Waals surface area contributed by atoms with Gasteiger partial charge in [0.15, 0.2) is 0 Å². The number of likely N-dealkylation sites (N-methyl/N-ethyl adjacent to an activating group) is 1. The average molecular weight is 125 g/mol. The highest BCUT2D eigenvalue weighted by Gasteiger charge is 2.38. The first kappa shape index (κ1) is 5.45. The number of fused-ring (bicyclic) bond motifs is 2. The molecule has 2 nitrogen and oxygen atoms in total. The van der Waals surface area contributed by atoms with Crippen LogP contribution in [-0.2, 0) is 4.74 Å². The van der Waals surface area contributed by atoms with Gasteiger partial charge in [-0.2, -0.15) is 0 Å². The van der Waals surface area contributed by atoms with Crippen molar-refractivity contribution in [3.05, 3.63) is 12.2 Å². The van der Waals surface area contributed by atoms with Crippen molar-refractivity contribution < 1.29 is 4.74 Å². The van der Waals surface area contributed by atoms with Gasteiger partial charge >= 0.3 is 0 Å². The molecule has 0 aromatic heterocycles. The van der Waals surface area contributed by atoms with E-state index in [9.17, 15) is 0 Å². The van der Waals surface area contributed by atoms with E-state index in [-0.39, 0.29) is 6.23 Å². The molecule has 2 rings (SSSR count). The minimum absolute atomic E-state index is 0.269. The second-order valence-corrected chi connectivity index (χ2v) is 2.78. The molecule has 2 heterocycles. The van der Waals surface area contributed by atoms with Crippen LogP contribution in [0, 0.1) is 0 Å². The van der Waals surface area contributed by atoms with Crippen molar-refractivity contribution >= 4 is 0 Å². The lowest BCUT2D eigenvalue weighted by Gasteiger charge is -2.20. The quantitative estimate of drug-likeness (QED) is 0.440. The van der Waals surface area contributed by atoms with Crippen LogP contribution in [0.15, 0.2) is 12.2 Å². The lowest BCUT2D eigenvalue weighted by Crippen LogP contribution is -2.34. The minimum atomic E-state index is 0.269. The maximum Gasteiger partial charge on any atom is 0.130 e. The van der Waals surface area contributed by atoms with Gasteiger partial charge in [0, 0.05) is 6.04 Å². The molecule has 0 aromatic rings. The maximum absolute atomic E-state index is 5.51. The van der Waals surface area contributed by atoms with Crippen molar-refractivity contribution in [1.29, 1.82) is 0 Å². The van der Waals surface area contributed by atoms with E-state index < -0.39 is 0 Å². The van der Waals surface area contributed by atoms with Gasteiger partial charge in [-0.1, -0.05) is 6.08 Å². The van der Waals surface area contributed by atoms with Crippen molar-refractivity contribution in [2.24, 2.45) is 0 Å². The largest absolute Gasteiger partial charge is 0.351 e. The molecule has 9 heavy (non-hydrogen) atoms. The Bertz CT molecular complexity index is 139. The number of hydrogen-bond donors (Lipinski definition) is 0. The summed E-state index contributed by atoms with van der Waals surface area (Å²) in [5, 5.41) is 0. The molecule has 2 aliphatic heterocycles. The molecule has 0 aromatic carbocycles. The van der Waals surface area contributed by atoms with Crippen LogP contribution in [0.2, 0.25) is 0 Å². The molecule has 3 atom stereocenters.